The van der Waals surface area contributed by atoms with Crippen molar-refractivity contribution in [3.63, 3.8) is 0 Å². The molecular formula is C22H29N5O3. The maximum Gasteiger partial charge on any atom is 0.409 e. The Hall–Kier alpha value is -2.90. The largest absolute Gasteiger partial charge is 0.449 e. The van der Waals surface area contributed by atoms with Crippen LogP contribution in [0.25, 0.3) is 11.4 Å². The van der Waals surface area contributed by atoms with Crippen LogP contribution in [0.15, 0.2) is 24.3 Å². The van der Waals surface area contributed by atoms with Crippen LogP contribution < -0.4 is 5.32 Å². The predicted octanol–water partition coefficient (Wildman–Crippen LogP) is 3.79. The zero-order valence-electron chi connectivity index (χ0n) is 17.6. The van der Waals surface area contributed by atoms with Gasteiger partial charge in [-0.3, -0.25) is 9.89 Å². The quantitative estimate of drug-likeness (QED) is 0.753. The number of carbonyl (C=O) groups is 2. The Morgan fingerprint density at radius 1 is 1.23 bits per heavy atom. The maximum atomic E-state index is 12.7. The first-order valence-corrected chi connectivity index (χ1v) is 10.7. The summed E-state index contributed by atoms with van der Waals surface area (Å²) >= 11 is 0. The van der Waals surface area contributed by atoms with Crippen molar-refractivity contribution in [1.29, 1.82) is 0 Å². The summed E-state index contributed by atoms with van der Waals surface area (Å²) < 4.78 is 5.28. The van der Waals surface area contributed by atoms with E-state index in [0.717, 1.165) is 17.1 Å². The SMILES string of the molecule is CC(C)COC(=O)N1CCC(C(=O)Nc2cccc(-c3n[nH]c(C4CC4)n3)c2)CC1. The van der Waals surface area contributed by atoms with E-state index in [4.69, 9.17) is 4.74 Å². The first kappa shape index (κ1) is 20.4. The number of hydrogen-bond acceptors (Lipinski definition) is 5. The van der Waals surface area contributed by atoms with Gasteiger partial charge in [-0.25, -0.2) is 9.78 Å². The van der Waals surface area contributed by atoms with Gasteiger partial charge in [0.25, 0.3) is 0 Å². The van der Waals surface area contributed by atoms with E-state index in [1.165, 1.54) is 12.8 Å². The van der Waals surface area contributed by atoms with E-state index in [2.05, 4.69) is 20.5 Å². The molecule has 0 unspecified atom stereocenters. The monoisotopic (exact) mass is 411 g/mol. The van der Waals surface area contributed by atoms with E-state index in [-0.39, 0.29) is 17.9 Å². The zero-order valence-corrected chi connectivity index (χ0v) is 17.6. The van der Waals surface area contributed by atoms with Gasteiger partial charge in [0.2, 0.25) is 5.91 Å². The van der Waals surface area contributed by atoms with Crippen LogP contribution in [0.1, 0.15) is 51.3 Å². The number of amides is 2. The molecule has 2 N–H and O–H groups in total. The molecule has 4 rings (SSSR count). The van der Waals surface area contributed by atoms with Gasteiger partial charge in [0, 0.05) is 36.2 Å². The fraction of sp³-hybridized carbons (Fsp3) is 0.545. The molecule has 1 saturated heterocycles. The molecule has 2 fully saturated rings. The van der Waals surface area contributed by atoms with Gasteiger partial charge in [0.05, 0.1) is 6.61 Å². The number of rotatable bonds is 6. The molecule has 160 valence electrons. The minimum absolute atomic E-state index is 0.0176. The number of aromatic amines is 1. The van der Waals surface area contributed by atoms with Crippen LogP contribution in [0, 0.1) is 11.8 Å². The number of nitrogens with one attached hydrogen (secondary N) is 2. The van der Waals surface area contributed by atoms with Crippen molar-refractivity contribution in [3.05, 3.63) is 30.1 Å². The van der Waals surface area contributed by atoms with E-state index in [0.29, 0.717) is 50.2 Å². The van der Waals surface area contributed by atoms with E-state index in [9.17, 15) is 9.59 Å². The number of aromatic nitrogens is 3. The Labute approximate surface area is 176 Å². The van der Waals surface area contributed by atoms with Crippen molar-refractivity contribution in [2.45, 2.75) is 45.4 Å². The van der Waals surface area contributed by atoms with Crippen LogP contribution in [0.3, 0.4) is 0 Å². The number of piperidine rings is 1. The van der Waals surface area contributed by atoms with Gasteiger partial charge in [-0.15, -0.1) is 0 Å². The average Bonchev–Trinajstić information content (AvgIpc) is 3.48. The van der Waals surface area contributed by atoms with Crippen LogP contribution >= 0.6 is 0 Å². The topological polar surface area (TPSA) is 100 Å². The molecule has 2 aromatic rings. The third-order valence-electron chi connectivity index (χ3n) is 5.52. The second kappa shape index (κ2) is 8.85. The lowest BCUT2D eigenvalue weighted by atomic mass is 9.96. The highest BCUT2D eigenvalue weighted by Crippen LogP contribution is 2.38. The number of hydrogen-bond donors (Lipinski definition) is 2. The molecule has 0 radical (unpaired) electrons. The van der Waals surface area contributed by atoms with Gasteiger partial charge in [-0.05, 0) is 43.7 Å². The number of H-pyrrole nitrogens is 1. The normalized spacial score (nSPS) is 17.2. The van der Waals surface area contributed by atoms with Gasteiger partial charge < -0.3 is 15.0 Å². The summed E-state index contributed by atoms with van der Waals surface area (Å²) in [6.07, 6.45) is 3.31. The fourth-order valence-corrected chi connectivity index (χ4v) is 3.58. The van der Waals surface area contributed by atoms with Crippen molar-refractivity contribution >= 4 is 17.7 Å². The first-order chi connectivity index (χ1) is 14.5. The smallest absolute Gasteiger partial charge is 0.409 e. The summed E-state index contributed by atoms with van der Waals surface area (Å²) in [5.74, 6) is 2.29. The van der Waals surface area contributed by atoms with Gasteiger partial charge in [0.15, 0.2) is 5.82 Å². The first-order valence-electron chi connectivity index (χ1n) is 10.7. The summed E-state index contributed by atoms with van der Waals surface area (Å²) in [6, 6.07) is 7.60. The van der Waals surface area contributed by atoms with Gasteiger partial charge in [0.1, 0.15) is 5.82 Å². The lowest BCUT2D eigenvalue weighted by Crippen LogP contribution is -2.42. The molecule has 1 aliphatic carbocycles. The number of nitrogens with zero attached hydrogens (tertiary/aromatic N) is 3. The van der Waals surface area contributed by atoms with Crippen LogP contribution in [-0.4, -0.2) is 51.8 Å². The highest BCUT2D eigenvalue weighted by atomic mass is 16.6. The standard InChI is InChI=1S/C22H29N5O3/c1-14(2)13-30-22(29)27-10-8-16(9-11-27)21(28)23-18-5-3-4-17(12-18)20-24-19(25-26-20)15-6-7-15/h3-5,12,14-16H,6-11,13H2,1-2H3,(H,23,28)(H,24,25,26). The van der Waals surface area contributed by atoms with Gasteiger partial charge in [-0.1, -0.05) is 26.0 Å². The number of carbonyl (C=O) groups excluding carboxylic acids is 2. The van der Waals surface area contributed by atoms with E-state index in [1.54, 1.807) is 4.90 Å². The molecular weight excluding hydrogens is 382 g/mol. The molecule has 0 spiro atoms. The van der Waals surface area contributed by atoms with Gasteiger partial charge in [-0.2, -0.15) is 5.10 Å². The minimum Gasteiger partial charge on any atom is -0.449 e. The molecule has 1 aliphatic heterocycles. The summed E-state index contributed by atoms with van der Waals surface area (Å²) in [5.41, 5.74) is 1.60. The van der Waals surface area contributed by atoms with Crippen LogP contribution in [0.4, 0.5) is 10.5 Å². The van der Waals surface area contributed by atoms with Crippen LogP contribution in [0.2, 0.25) is 0 Å². The second-order valence-electron chi connectivity index (χ2n) is 8.62. The summed E-state index contributed by atoms with van der Waals surface area (Å²) in [6.45, 7) is 5.51. The molecule has 8 heteroatoms. The van der Waals surface area contributed by atoms with E-state index in [1.807, 2.05) is 38.1 Å². The lowest BCUT2D eigenvalue weighted by molar-refractivity contribution is -0.121. The minimum atomic E-state index is -0.285. The predicted molar refractivity (Wildman–Crippen MR) is 113 cm³/mol. The lowest BCUT2D eigenvalue weighted by Gasteiger charge is -2.30. The Balaban J connectivity index is 1.30. The number of anilines is 1. The summed E-state index contributed by atoms with van der Waals surface area (Å²) in [5, 5.41) is 10.3. The summed E-state index contributed by atoms with van der Waals surface area (Å²) in [4.78, 5) is 31.1. The Kier molecular flexibility index (Phi) is 6.01. The Morgan fingerprint density at radius 3 is 2.70 bits per heavy atom. The van der Waals surface area contributed by atoms with Crippen molar-refractivity contribution in [2.24, 2.45) is 11.8 Å². The van der Waals surface area contributed by atoms with Crippen LogP contribution in [-0.2, 0) is 9.53 Å². The fourth-order valence-electron chi connectivity index (χ4n) is 3.58. The Morgan fingerprint density at radius 2 is 2.00 bits per heavy atom. The number of ether oxygens (including phenoxy) is 1. The average molecular weight is 412 g/mol. The number of likely N-dealkylation sites (tertiary alicyclic amines) is 1. The van der Waals surface area contributed by atoms with Crippen molar-refractivity contribution in [2.75, 3.05) is 25.0 Å². The molecule has 8 nitrogen and oxygen atoms in total. The molecule has 2 heterocycles. The van der Waals surface area contributed by atoms with Crippen molar-refractivity contribution < 1.29 is 14.3 Å². The van der Waals surface area contributed by atoms with Gasteiger partial charge >= 0.3 is 6.09 Å². The van der Waals surface area contributed by atoms with E-state index < -0.39 is 0 Å². The third-order valence-corrected chi connectivity index (χ3v) is 5.52. The molecule has 0 bridgehead atoms. The Bertz CT molecular complexity index is 898. The molecule has 0 atom stereocenters. The maximum absolute atomic E-state index is 12.7. The summed E-state index contributed by atoms with van der Waals surface area (Å²) in [7, 11) is 0. The van der Waals surface area contributed by atoms with Crippen molar-refractivity contribution in [3.8, 4) is 11.4 Å². The highest BCUT2D eigenvalue weighted by Gasteiger charge is 2.29. The molecule has 1 saturated carbocycles. The second-order valence-corrected chi connectivity index (χ2v) is 8.62. The number of benzene rings is 1. The molecule has 2 aliphatic rings. The van der Waals surface area contributed by atoms with E-state index >= 15 is 0 Å². The molecule has 30 heavy (non-hydrogen) atoms. The molecule has 1 aromatic carbocycles. The highest BCUT2D eigenvalue weighted by molar-refractivity contribution is 5.93. The van der Waals surface area contributed by atoms with Crippen LogP contribution in [0.5, 0.6) is 0 Å². The zero-order chi connectivity index (χ0) is 21.1. The molecule has 2 amide bonds. The third kappa shape index (κ3) is 4.98. The van der Waals surface area contributed by atoms with Crippen molar-refractivity contribution in [1.82, 2.24) is 20.1 Å². The molecule has 1 aromatic heterocycles.